The molecule has 0 aliphatic carbocycles. The molecule has 1 aromatic heterocycles. The van der Waals surface area contributed by atoms with Gasteiger partial charge in [0.15, 0.2) is 0 Å². The Morgan fingerprint density at radius 1 is 0.941 bits per heavy atom. The summed E-state index contributed by atoms with van der Waals surface area (Å²) in [7, 11) is 0. The van der Waals surface area contributed by atoms with Gasteiger partial charge < -0.3 is 0 Å². The maximum atomic E-state index is 4.58. The first-order valence-electron chi connectivity index (χ1n) is 5.36. The van der Waals surface area contributed by atoms with Crippen LogP contribution in [-0.4, -0.2) is 4.98 Å². The molecule has 0 amide bonds. The van der Waals surface area contributed by atoms with Gasteiger partial charge in [-0.25, -0.2) is 9.98 Å². The first-order valence-corrected chi connectivity index (χ1v) is 6.24. The van der Waals surface area contributed by atoms with E-state index in [4.69, 9.17) is 0 Å². The quantitative estimate of drug-likeness (QED) is 0.636. The monoisotopic (exact) mass is 238 g/mol. The second-order valence-electron chi connectivity index (χ2n) is 3.62. The highest BCUT2D eigenvalue weighted by atomic mass is 32.1. The molecule has 0 unspecified atom stereocenters. The lowest BCUT2D eigenvalue weighted by Gasteiger charge is -2.00. The molecule has 2 nitrogen and oxygen atoms in total. The van der Waals surface area contributed by atoms with Crippen LogP contribution in [0.2, 0.25) is 0 Å². The molecule has 82 valence electrons. The molecule has 0 radical (unpaired) electrons. The van der Waals surface area contributed by atoms with Crippen molar-refractivity contribution in [2.75, 3.05) is 0 Å². The Morgan fingerprint density at radius 3 is 2.71 bits per heavy atom. The van der Waals surface area contributed by atoms with Crippen LogP contribution >= 0.6 is 11.3 Å². The number of nitrogens with zero attached hydrogens (tertiary/aromatic N) is 2. The largest absolute Gasteiger partial charge is 0.228 e. The van der Waals surface area contributed by atoms with Crippen molar-refractivity contribution in [2.45, 2.75) is 0 Å². The second kappa shape index (κ2) is 4.47. The molecule has 3 rings (SSSR count). The summed E-state index contributed by atoms with van der Waals surface area (Å²) in [6.07, 6.45) is 1.76. The summed E-state index contributed by atoms with van der Waals surface area (Å²) < 4.78 is 0. The Kier molecular flexibility index (Phi) is 2.68. The summed E-state index contributed by atoms with van der Waals surface area (Å²) >= 11 is 1.54. The highest BCUT2D eigenvalue weighted by molar-refractivity contribution is 7.06. The number of rotatable bonds is 1. The Bertz CT molecular complexity index is 693. The zero-order valence-corrected chi connectivity index (χ0v) is 9.89. The Morgan fingerprint density at radius 2 is 1.82 bits per heavy atom. The Hall–Kier alpha value is -2.00. The third-order valence-electron chi connectivity index (χ3n) is 2.51. The zero-order chi connectivity index (χ0) is 11.5. The number of aromatic nitrogens is 1. The fraction of sp³-hybridized carbons (Fsp3) is 0. The molecule has 0 fully saturated rings. The van der Waals surface area contributed by atoms with Crippen LogP contribution in [0.5, 0.6) is 0 Å². The number of hydrogen-bond acceptors (Lipinski definition) is 3. The molecule has 0 aliphatic rings. The van der Waals surface area contributed by atoms with Crippen LogP contribution in [-0.2, 0) is 0 Å². The van der Waals surface area contributed by atoms with E-state index >= 15 is 0 Å². The fourth-order valence-electron chi connectivity index (χ4n) is 1.74. The molecular formula is C14H10N2S. The van der Waals surface area contributed by atoms with Crippen LogP contribution in [0, 0.1) is 0 Å². The van der Waals surface area contributed by atoms with Gasteiger partial charge in [-0.05, 0) is 22.9 Å². The van der Waals surface area contributed by atoms with E-state index in [1.165, 1.54) is 16.7 Å². The minimum Gasteiger partial charge on any atom is -0.228 e. The predicted octanol–water partition coefficient (Wildman–Crippen LogP) is 3.53. The van der Waals surface area contributed by atoms with Gasteiger partial charge in [-0.15, -0.1) is 11.3 Å². The van der Waals surface area contributed by atoms with Gasteiger partial charge in [-0.1, -0.05) is 36.4 Å². The lowest BCUT2D eigenvalue weighted by molar-refractivity contribution is 1.22. The van der Waals surface area contributed by atoms with E-state index < -0.39 is 0 Å². The molecule has 0 atom stereocenters. The van der Waals surface area contributed by atoms with Crippen LogP contribution in [0.1, 0.15) is 0 Å². The summed E-state index contributed by atoms with van der Waals surface area (Å²) in [5, 5.41) is 4.35. The predicted molar refractivity (Wildman–Crippen MR) is 71.3 cm³/mol. The van der Waals surface area contributed by atoms with Crippen molar-refractivity contribution in [1.29, 1.82) is 0 Å². The van der Waals surface area contributed by atoms with E-state index in [0.717, 1.165) is 15.9 Å². The van der Waals surface area contributed by atoms with Crippen molar-refractivity contribution in [1.82, 2.24) is 4.98 Å². The maximum Gasteiger partial charge on any atom is 0.209 e. The molecule has 0 saturated heterocycles. The van der Waals surface area contributed by atoms with E-state index in [2.05, 4.69) is 28.2 Å². The van der Waals surface area contributed by atoms with Crippen LogP contribution < -0.4 is 4.80 Å². The fourth-order valence-corrected chi connectivity index (χ4v) is 2.28. The summed E-state index contributed by atoms with van der Waals surface area (Å²) in [5.41, 5.74) is 0.970. The molecule has 0 bridgehead atoms. The molecule has 0 saturated carbocycles. The summed E-state index contributed by atoms with van der Waals surface area (Å²) in [6, 6.07) is 16.3. The molecule has 2 aromatic carbocycles. The van der Waals surface area contributed by atoms with Crippen LogP contribution in [0.4, 0.5) is 5.69 Å². The first-order chi connectivity index (χ1) is 8.43. The highest BCUT2D eigenvalue weighted by Crippen LogP contribution is 2.24. The summed E-state index contributed by atoms with van der Waals surface area (Å²) in [5.74, 6) is 0. The smallest absolute Gasteiger partial charge is 0.209 e. The molecule has 17 heavy (non-hydrogen) atoms. The number of fused-ring (bicyclic) bond motifs is 1. The van der Waals surface area contributed by atoms with E-state index in [1.54, 1.807) is 6.20 Å². The van der Waals surface area contributed by atoms with Crippen LogP contribution in [0.3, 0.4) is 0 Å². The van der Waals surface area contributed by atoms with Gasteiger partial charge in [0.1, 0.15) is 0 Å². The summed E-state index contributed by atoms with van der Waals surface area (Å²) in [4.78, 5) is 9.59. The third-order valence-corrected chi connectivity index (χ3v) is 3.21. The topological polar surface area (TPSA) is 25.2 Å². The minimum atomic E-state index is 0.781. The van der Waals surface area contributed by atoms with E-state index in [-0.39, 0.29) is 0 Å². The average molecular weight is 238 g/mol. The van der Waals surface area contributed by atoms with Crippen molar-refractivity contribution < 1.29 is 0 Å². The first kappa shape index (κ1) is 10.2. The van der Waals surface area contributed by atoms with Gasteiger partial charge >= 0.3 is 0 Å². The maximum absolute atomic E-state index is 4.58. The average Bonchev–Trinajstić information content (AvgIpc) is 2.40. The van der Waals surface area contributed by atoms with Crippen molar-refractivity contribution >= 4 is 27.8 Å². The molecule has 3 heteroatoms. The highest BCUT2D eigenvalue weighted by Gasteiger charge is 1.97. The van der Waals surface area contributed by atoms with Crippen molar-refractivity contribution in [3.63, 3.8) is 0 Å². The van der Waals surface area contributed by atoms with E-state index in [0.29, 0.717) is 0 Å². The zero-order valence-electron chi connectivity index (χ0n) is 9.08. The van der Waals surface area contributed by atoms with Gasteiger partial charge in [0.2, 0.25) is 4.80 Å². The van der Waals surface area contributed by atoms with Gasteiger partial charge in [-0.2, -0.15) is 0 Å². The van der Waals surface area contributed by atoms with Gasteiger partial charge in [-0.3, -0.25) is 0 Å². The van der Waals surface area contributed by atoms with Crippen molar-refractivity contribution in [3.05, 3.63) is 64.9 Å². The van der Waals surface area contributed by atoms with E-state index in [1.807, 2.05) is 35.7 Å². The minimum absolute atomic E-state index is 0.781. The Labute approximate surface area is 103 Å². The van der Waals surface area contributed by atoms with E-state index in [9.17, 15) is 0 Å². The Balaban J connectivity index is 2.26. The van der Waals surface area contributed by atoms with Crippen molar-refractivity contribution in [3.8, 4) is 0 Å². The number of benzene rings is 2. The second-order valence-corrected chi connectivity index (χ2v) is 4.49. The number of hydrogen-bond donors (Lipinski definition) is 0. The molecular weight excluding hydrogens is 228 g/mol. The van der Waals surface area contributed by atoms with Gasteiger partial charge in [0.25, 0.3) is 0 Å². The standard InChI is InChI=1S/C14H10N2S/c1-2-7-12-11(5-1)6-3-8-13(12)16-14-15-9-4-10-17-14/h1-10H. The van der Waals surface area contributed by atoms with Gasteiger partial charge in [0.05, 0.1) is 5.69 Å². The molecule has 1 heterocycles. The summed E-state index contributed by atoms with van der Waals surface area (Å²) in [6.45, 7) is 0. The SMILES string of the molecule is c1cnc(=Nc2cccc3ccccc23)sc1. The molecule has 3 aromatic rings. The lowest BCUT2D eigenvalue weighted by Crippen LogP contribution is -1.99. The molecule has 0 aliphatic heterocycles. The molecule has 0 spiro atoms. The van der Waals surface area contributed by atoms with Gasteiger partial charge in [0, 0.05) is 11.6 Å². The van der Waals surface area contributed by atoms with Crippen LogP contribution in [0.25, 0.3) is 10.8 Å². The van der Waals surface area contributed by atoms with Crippen LogP contribution in [0.15, 0.2) is 65.1 Å². The normalized spacial score (nSPS) is 11.9. The van der Waals surface area contributed by atoms with Crippen molar-refractivity contribution in [2.24, 2.45) is 4.99 Å². The third kappa shape index (κ3) is 2.10. The lowest BCUT2D eigenvalue weighted by atomic mass is 10.1. The molecule has 0 N–H and O–H groups in total.